The highest BCUT2D eigenvalue weighted by Gasteiger charge is 2.45. The van der Waals surface area contributed by atoms with Gasteiger partial charge in [0.1, 0.15) is 0 Å². The van der Waals surface area contributed by atoms with Gasteiger partial charge in [0, 0.05) is 10.0 Å². The summed E-state index contributed by atoms with van der Waals surface area (Å²) in [6.07, 6.45) is 4.16. The predicted molar refractivity (Wildman–Crippen MR) is 112 cm³/mol. The number of nitrogens with zero attached hydrogens (tertiary/aromatic N) is 1. The number of hydrogen-bond acceptors (Lipinski definition) is 3. The minimum atomic E-state index is -0.661. The number of ether oxygens (including phenoxy) is 1. The van der Waals surface area contributed by atoms with Crippen molar-refractivity contribution in [3.05, 3.63) is 63.9 Å². The third kappa shape index (κ3) is 3.80. The summed E-state index contributed by atoms with van der Waals surface area (Å²) in [7, 11) is 5.49. The first kappa shape index (κ1) is 20.8. The zero-order valence-electron chi connectivity index (χ0n) is 16.5. The average Bonchev–Trinajstić information content (AvgIpc) is 3.18. The Hall–Kier alpha value is -1.92. The molecule has 28 heavy (non-hydrogen) atoms. The van der Waals surface area contributed by atoms with Gasteiger partial charge in [-0.3, -0.25) is 4.79 Å². The molecule has 0 radical (unpaired) electrons. The maximum absolute atomic E-state index is 14.8. The van der Waals surface area contributed by atoms with Crippen LogP contribution in [0.2, 0.25) is 0 Å². The Morgan fingerprint density at radius 1 is 1.18 bits per heavy atom. The van der Waals surface area contributed by atoms with Crippen LogP contribution in [-0.4, -0.2) is 37.6 Å². The van der Waals surface area contributed by atoms with Gasteiger partial charge >= 0.3 is 0 Å². The van der Waals surface area contributed by atoms with Gasteiger partial charge in [-0.15, -0.1) is 0 Å². The molecule has 1 atom stereocenters. The summed E-state index contributed by atoms with van der Waals surface area (Å²) in [4.78, 5) is 15.4. The van der Waals surface area contributed by atoms with E-state index in [1.165, 1.54) is 13.2 Å². The second-order valence-electron chi connectivity index (χ2n) is 7.46. The number of carbonyl (C=O) groups is 1. The van der Waals surface area contributed by atoms with E-state index in [1.807, 2.05) is 30.3 Å². The number of hydrogen-bond donors (Lipinski definition) is 1. The Morgan fingerprint density at radius 3 is 2.39 bits per heavy atom. The normalized spacial score (nSPS) is 16.8. The Morgan fingerprint density at radius 2 is 1.82 bits per heavy atom. The maximum atomic E-state index is 14.8. The van der Waals surface area contributed by atoms with Gasteiger partial charge < -0.3 is 15.0 Å². The van der Waals surface area contributed by atoms with Crippen LogP contribution < -0.4 is 10.1 Å². The lowest BCUT2D eigenvalue weighted by Crippen LogP contribution is -2.53. The number of likely N-dealkylation sites (N-methyl/N-ethyl adjacent to an activating group) is 1. The van der Waals surface area contributed by atoms with E-state index in [-0.39, 0.29) is 22.9 Å². The second-order valence-corrected chi connectivity index (χ2v) is 8.32. The third-order valence-electron chi connectivity index (χ3n) is 5.81. The van der Waals surface area contributed by atoms with Crippen molar-refractivity contribution in [3.8, 4) is 5.75 Å². The molecule has 2 aromatic carbocycles. The van der Waals surface area contributed by atoms with E-state index in [9.17, 15) is 9.18 Å². The zero-order valence-corrected chi connectivity index (χ0v) is 18.1. The first-order chi connectivity index (χ1) is 13.4. The lowest BCUT2D eigenvalue weighted by molar-refractivity contribution is 0.0761. The molecule has 2 aromatic rings. The topological polar surface area (TPSA) is 41.6 Å². The predicted octanol–water partition coefficient (Wildman–Crippen LogP) is 4.94. The number of nitrogens with one attached hydrogen (secondary N) is 1. The summed E-state index contributed by atoms with van der Waals surface area (Å²) in [6.45, 7) is 0. The van der Waals surface area contributed by atoms with Crippen molar-refractivity contribution in [2.45, 2.75) is 37.3 Å². The molecule has 1 amide bonds. The van der Waals surface area contributed by atoms with Crippen molar-refractivity contribution in [3.63, 3.8) is 0 Å². The molecule has 0 spiro atoms. The molecule has 1 N–H and O–H groups in total. The third-order valence-corrected chi connectivity index (χ3v) is 6.47. The summed E-state index contributed by atoms with van der Waals surface area (Å²) in [5.41, 5.74) is 0.775. The van der Waals surface area contributed by atoms with Gasteiger partial charge in [-0.1, -0.05) is 43.2 Å². The summed E-state index contributed by atoms with van der Waals surface area (Å²) >= 11 is 3.32. The largest absolute Gasteiger partial charge is 0.494 e. The molecule has 0 aliphatic heterocycles. The molecule has 1 fully saturated rings. The van der Waals surface area contributed by atoms with Crippen molar-refractivity contribution in [2.75, 3.05) is 21.2 Å². The molecular formula is C22H26BrFN2O2. The molecule has 3 rings (SSSR count). The molecule has 0 aromatic heterocycles. The molecule has 4 nitrogen and oxygen atoms in total. The number of carbonyl (C=O) groups excluding carboxylic acids is 1. The second kappa shape index (κ2) is 8.62. The summed E-state index contributed by atoms with van der Waals surface area (Å²) in [5.74, 6) is -1.07. The van der Waals surface area contributed by atoms with Gasteiger partial charge in [0.15, 0.2) is 11.6 Å². The lowest BCUT2D eigenvalue weighted by atomic mass is 9.82. The lowest BCUT2D eigenvalue weighted by Gasteiger charge is -2.44. The van der Waals surface area contributed by atoms with Gasteiger partial charge in [-0.25, -0.2) is 4.39 Å². The molecule has 0 heterocycles. The van der Waals surface area contributed by atoms with Crippen LogP contribution in [0.1, 0.15) is 47.6 Å². The molecule has 0 saturated heterocycles. The van der Waals surface area contributed by atoms with E-state index in [0.29, 0.717) is 4.47 Å². The Bertz CT molecular complexity index is 836. The van der Waals surface area contributed by atoms with Crippen LogP contribution in [0, 0.1) is 5.82 Å². The van der Waals surface area contributed by atoms with Crippen LogP contribution in [-0.2, 0) is 0 Å². The molecule has 0 bridgehead atoms. The Labute approximate surface area is 174 Å². The van der Waals surface area contributed by atoms with Gasteiger partial charge in [0.2, 0.25) is 0 Å². The van der Waals surface area contributed by atoms with Crippen LogP contribution in [0.5, 0.6) is 5.75 Å². The SMILES string of the molecule is COc1ccc(Br)c(C(=O)NC(c2ccccc2)C2(N(C)C)CCCC2)c1F. The van der Waals surface area contributed by atoms with Crippen LogP contribution in [0.4, 0.5) is 4.39 Å². The highest BCUT2D eigenvalue weighted by atomic mass is 79.9. The minimum Gasteiger partial charge on any atom is -0.494 e. The first-order valence-electron chi connectivity index (χ1n) is 9.46. The molecule has 1 saturated carbocycles. The maximum Gasteiger partial charge on any atom is 0.256 e. The van der Waals surface area contributed by atoms with Gasteiger partial charge in [0.25, 0.3) is 5.91 Å². The van der Waals surface area contributed by atoms with Crippen LogP contribution >= 0.6 is 15.9 Å². The molecule has 1 aliphatic carbocycles. The van der Waals surface area contributed by atoms with Crippen LogP contribution in [0.15, 0.2) is 46.9 Å². The van der Waals surface area contributed by atoms with E-state index >= 15 is 0 Å². The van der Waals surface area contributed by atoms with Gasteiger partial charge in [-0.05, 0) is 60.6 Å². The number of methoxy groups -OCH3 is 1. The van der Waals surface area contributed by atoms with E-state index in [4.69, 9.17) is 4.74 Å². The van der Waals surface area contributed by atoms with Gasteiger partial charge in [0.05, 0.1) is 18.7 Å². The first-order valence-corrected chi connectivity index (χ1v) is 10.2. The molecule has 1 unspecified atom stereocenters. The van der Waals surface area contributed by atoms with E-state index in [0.717, 1.165) is 31.2 Å². The Kier molecular flexibility index (Phi) is 6.40. The highest BCUT2D eigenvalue weighted by Crippen LogP contribution is 2.43. The monoisotopic (exact) mass is 448 g/mol. The number of rotatable bonds is 6. The number of amides is 1. The van der Waals surface area contributed by atoms with Crippen molar-refractivity contribution in [1.82, 2.24) is 10.2 Å². The standard InChI is InChI=1S/C22H26BrFN2O2/c1-26(2)22(13-7-8-14-22)20(15-9-5-4-6-10-15)25-21(27)18-16(23)11-12-17(28-3)19(18)24/h4-6,9-12,20H,7-8,13-14H2,1-3H3,(H,25,27). The van der Waals surface area contributed by atoms with Crippen molar-refractivity contribution < 1.29 is 13.9 Å². The van der Waals surface area contributed by atoms with E-state index < -0.39 is 11.7 Å². The number of benzene rings is 2. The molecule has 1 aliphatic rings. The minimum absolute atomic E-state index is 0.0350. The van der Waals surface area contributed by atoms with Crippen LogP contribution in [0.3, 0.4) is 0 Å². The fourth-order valence-corrected chi connectivity index (χ4v) is 4.74. The molecule has 150 valence electrons. The van der Waals surface area contributed by atoms with Gasteiger partial charge in [-0.2, -0.15) is 0 Å². The smallest absolute Gasteiger partial charge is 0.256 e. The zero-order chi connectivity index (χ0) is 20.3. The molecular weight excluding hydrogens is 423 g/mol. The summed E-state index contributed by atoms with van der Waals surface area (Å²) in [6, 6.07) is 12.8. The quantitative estimate of drug-likeness (QED) is 0.679. The summed E-state index contributed by atoms with van der Waals surface area (Å²) < 4.78 is 20.3. The van der Waals surface area contributed by atoms with E-state index in [1.54, 1.807) is 6.07 Å². The summed E-state index contributed by atoms with van der Waals surface area (Å²) in [5, 5.41) is 3.14. The molecule has 6 heteroatoms. The average molecular weight is 449 g/mol. The fraction of sp³-hybridized carbons (Fsp3) is 0.409. The van der Waals surface area contributed by atoms with Crippen molar-refractivity contribution in [2.24, 2.45) is 0 Å². The van der Waals surface area contributed by atoms with E-state index in [2.05, 4.69) is 40.2 Å². The fourth-order valence-electron chi connectivity index (χ4n) is 4.26. The van der Waals surface area contributed by atoms with Crippen molar-refractivity contribution >= 4 is 21.8 Å². The highest BCUT2D eigenvalue weighted by molar-refractivity contribution is 9.10. The number of halogens is 2. The van der Waals surface area contributed by atoms with Crippen LogP contribution in [0.25, 0.3) is 0 Å². The Balaban J connectivity index is 2.03. The van der Waals surface area contributed by atoms with Crippen molar-refractivity contribution in [1.29, 1.82) is 0 Å².